The Morgan fingerprint density at radius 3 is 2.52 bits per heavy atom. The van der Waals surface area contributed by atoms with Gasteiger partial charge in [-0.25, -0.2) is 0 Å². The van der Waals surface area contributed by atoms with Gasteiger partial charge in [-0.15, -0.1) is 22.7 Å². The van der Waals surface area contributed by atoms with Crippen LogP contribution in [0.3, 0.4) is 0 Å². The minimum Gasteiger partial charge on any atom is -0.326 e. The summed E-state index contributed by atoms with van der Waals surface area (Å²) in [5.74, 6) is -0.970. The molecule has 0 saturated heterocycles. The van der Waals surface area contributed by atoms with Gasteiger partial charge < -0.3 is 5.32 Å². The topological polar surface area (TPSA) is 87.3 Å². The van der Waals surface area contributed by atoms with Crippen LogP contribution in [0.15, 0.2) is 57.7 Å². The zero-order valence-electron chi connectivity index (χ0n) is 15.2. The molecule has 150 valence electrons. The lowest BCUT2D eigenvalue weighted by molar-refractivity contribution is -0.116. The van der Waals surface area contributed by atoms with Crippen LogP contribution in [-0.2, 0) is 11.2 Å². The van der Waals surface area contributed by atoms with Gasteiger partial charge in [0.2, 0.25) is 5.91 Å². The second-order valence-corrected chi connectivity index (χ2v) is 9.57. The van der Waals surface area contributed by atoms with Crippen molar-refractivity contribution in [2.45, 2.75) is 19.3 Å². The molecular formula is C20H18BrN3O3S2. The molecule has 6 nitrogen and oxygen atoms in total. The van der Waals surface area contributed by atoms with Crippen molar-refractivity contribution in [2.24, 2.45) is 0 Å². The zero-order chi connectivity index (χ0) is 20.6. The highest BCUT2D eigenvalue weighted by Gasteiger charge is 2.12. The highest BCUT2D eigenvalue weighted by atomic mass is 79.9. The molecule has 0 fully saturated rings. The summed E-state index contributed by atoms with van der Waals surface area (Å²) >= 11 is 6.23. The molecule has 2 aromatic heterocycles. The normalized spacial score (nSPS) is 10.4. The van der Waals surface area contributed by atoms with Crippen molar-refractivity contribution in [3.8, 4) is 0 Å². The van der Waals surface area contributed by atoms with Gasteiger partial charge in [0.15, 0.2) is 0 Å². The lowest BCUT2D eigenvalue weighted by Gasteiger charge is -2.09. The van der Waals surface area contributed by atoms with E-state index in [1.54, 1.807) is 47.7 Å². The van der Waals surface area contributed by atoms with Gasteiger partial charge >= 0.3 is 0 Å². The summed E-state index contributed by atoms with van der Waals surface area (Å²) < 4.78 is 0.827. The van der Waals surface area contributed by atoms with Crippen molar-refractivity contribution in [1.29, 1.82) is 0 Å². The fourth-order valence-electron chi connectivity index (χ4n) is 2.52. The van der Waals surface area contributed by atoms with E-state index in [1.807, 2.05) is 11.4 Å². The molecule has 1 aromatic carbocycles. The van der Waals surface area contributed by atoms with E-state index in [2.05, 4.69) is 38.2 Å². The zero-order valence-corrected chi connectivity index (χ0v) is 18.5. The first kappa shape index (κ1) is 21.2. The van der Waals surface area contributed by atoms with E-state index in [1.165, 1.54) is 16.2 Å². The molecule has 0 bridgehead atoms. The number of hydrogen-bond acceptors (Lipinski definition) is 5. The van der Waals surface area contributed by atoms with Crippen LogP contribution in [0.1, 0.15) is 37.7 Å². The van der Waals surface area contributed by atoms with E-state index < -0.39 is 11.8 Å². The minimum absolute atomic E-state index is 0.101. The van der Waals surface area contributed by atoms with E-state index in [0.717, 1.165) is 16.6 Å². The van der Waals surface area contributed by atoms with Gasteiger partial charge in [0.1, 0.15) is 0 Å². The molecule has 3 N–H and O–H groups in total. The monoisotopic (exact) mass is 491 g/mol. The average molecular weight is 492 g/mol. The van der Waals surface area contributed by atoms with Gasteiger partial charge in [0.05, 0.1) is 8.66 Å². The van der Waals surface area contributed by atoms with E-state index in [4.69, 9.17) is 0 Å². The maximum Gasteiger partial charge on any atom is 0.279 e. The van der Waals surface area contributed by atoms with Crippen LogP contribution >= 0.6 is 38.6 Å². The van der Waals surface area contributed by atoms with Crippen LogP contribution in [-0.4, -0.2) is 17.7 Å². The van der Waals surface area contributed by atoms with E-state index >= 15 is 0 Å². The van der Waals surface area contributed by atoms with Crippen molar-refractivity contribution in [1.82, 2.24) is 10.9 Å². The number of hydrazine groups is 1. The summed E-state index contributed by atoms with van der Waals surface area (Å²) in [5.41, 5.74) is 5.62. The number of carbonyl (C=O) groups excluding carboxylic acids is 3. The molecule has 0 radical (unpaired) electrons. The van der Waals surface area contributed by atoms with Gasteiger partial charge in [0, 0.05) is 22.5 Å². The second kappa shape index (κ2) is 10.3. The number of anilines is 1. The number of nitrogens with one attached hydrogen (secondary N) is 3. The first-order valence-electron chi connectivity index (χ1n) is 8.79. The summed E-state index contributed by atoms with van der Waals surface area (Å²) in [4.78, 5) is 38.1. The fourth-order valence-corrected chi connectivity index (χ4v) is 4.56. The van der Waals surface area contributed by atoms with Gasteiger partial charge in [0.25, 0.3) is 11.8 Å². The summed E-state index contributed by atoms with van der Waals surface area (Å²) in [6.45, 7) is 0. The number of halogens is 1. The maximum absolute atomic E-state index is 12.3. The predicted octanol–water partition coefficient (Wildman–Crippen LogP) is 4.61. The van der Waals surface area contributed by atoms with Gasteiger partial charge in [-0.1, -0.05) is 12.1 Å². The number of hydrogen-bond donors (Lipinski definition) is 3. The number of amides is 3. The molecule has 0 aliphatic rings. The van der Waals surface area contributed by atoms with Gasteiger partial charge in [-0.3, -0.25) is 25.2 Å². The third-order valence-electron chi connectivity index (χ3n) is 3.90. The Balaban J connectivity index is 1.48. The number of benzene rings is 1. The van der Waals surface area contributed by atoms with Crippen molar-refractivity contribution in [2.75, 3.05) is 5.32 Å². The molecule has 0 aliphatic heterocycles. The van der Waals surface area contributed by atoms with Gasteiger partial charge in [-0.2, -0.15) is 0 Å². The smallest absolute Gasteiger partial charge is 0.279 e. The molecule has 0 saturated carbocycles. The third kappa shape index (κ3) is 6.52. The second-order valence-electron chi connectivity index (χ2n) is 6.07. The Morgan fingerprint density at radius 2 is 1.79 bits per heavy atom. The summed E-state index contributed by atoms with van der Waals surface area (Å²) in [7, 11) is 0. The lowest BCUT2D eigenvalue weighted by atomic mass is 10.1. The van der Waals surface area contributed by atoms with Crippen molar-refractivity contribution in [3.63, 3.8) is 0 Å². The largest absolute Gasteiger partial charge is 0.326 e. The molecule has 3 amide bonds. The van der Waals surface area contributed by atoms with Crippen molar-refractivity contribution >= 4 is 62.0 Å². The highest BCUT2D eigenvalue weighted by Crippen LogP contribution is 2.21. The number of rotatable bonds is 7. The quantitative estimate of drug-likeness (QED) is 0.421. The maximum atomic E-state index is 12.3. The molecule has 29 heavy (non-hydrogen) atoms. The molecule has 0 spiro atoms. The molecule has 0 aliphatic carbocycles. The van der Waals surface area contributed by atoms with Gasteiger partial charge in [-0.05, 0) is 70.5 Å². The molecule has 0 atom stereocenters. The number of carbonyl (C=O) groups is 3. The van der Waals surface area contributed by atoms with Crippen LogP contribution in [0, 0.1) is 0 Å². The summed E-state index contributed by atoms with van der Waals surface area (Å²) in [6.07, 6.45) is 2.03. The number of aryl methyl sites for hydroxylation is 1. The van der Waals surface area contributed by atoms with E-state index in [-0.39, 0.29) is 5.91 Å². The molecule has 2 heterocycles. The van der Waals surface area contributed by atoms with Crippen LogP contribution in [0.25, 0.3) is 0 Å². The Hall–Kier alpha value is -2.49. The molecule has 9 heteroatoms. The number of thiophene rings is 2. The Labute approximate surface area is 184 Å². The molecular weight excluding hydrogens is 474 g/mol. The van der Waals surface area contributed by atoms with Crippen LogP contribution in [0.4, 0.5) is 5.69 Å². The first-order chi connectivity index (χ1) is 14.0. The SMILES string of the molecule is O=C(CCCc1cccs1)Nc1cccc(C(=O)NNC(=O)c2ccc(Br)s2)c1. The standard InChI is InChI=1S/C20H18BrN3O3S2/c21-17-10-9-16(29-17)20(27)24-23-19(26)13-4-1-5-14(12-13)22-18(25)8-2-6-15-7-3-11-28-15/h1,3-5,7,9-12H,2,6,8H2,(H,22,25)(H,23,26)(H,24,27). The third-order valence-corrected chi connectivity index (χ3v) is 6.46. The fraction of sp³-hybridized carbons (Fsp3) is 0.150. The summed E-state index contributed by atoms with van der Waals surface area (Å²) in [5, 5.41) is 4.83. The van der Waals surface area contributed by atoms with Crippen LogP contribution < -0.4 is 16.2 Å². The molecule has 0 unspecified atom stereocenters. The molecule has 3 aromatic rings. The highest BCUT2D eigenvalue weighted by molar-refractivity contribution is 9.11. The Morgan fingerprint density at radius 1 is 0.966 bits per heavy atom. The minimum atomic E-state index is -0.470. The van der Waals surface area contributed by atoms with Crippen LogP contribution in [0.5, 0.6) is 0 Å². The van der Waals surface area contributed by atoms with Crippen LogP contribution in [0.2, 0.25) is 0 Å². The predicted molar refractivity (Wildman–Crippen MR) is 119 cm³/mol. The summed E-state index contributed by atoms with van der Waals surface area (Å²) in [6, 6.07) is 14.0. The van der Waals surface area contributed by atoms with Crippen molar-refractivity contribution < 1.29 is 14.4 Å². The lowest BCUT2D eigenvalue weighted by Crippen LogP contribution is -2.41. The van der Waals surface area contributed by atoms with Crippen molar-refractivity contribution in [3.05, 3.63) is 73.0 Å². The van der Waals surface area contributed by atoms with E-state index in [9.17, 15) is 14.4 Å². The first-order valence-corrected chi connectivity index (χ1v) is 11.3. The molecule has 3 rings (SSSR count). The van der Waals surface area contributed by atoms with E-state index in [0.29, 0.717) is 22.5 Å². The Bertz CT molecular complexity index is 1000. The average Bonchev–Trinajstić information content (AvgIpc) is 3.38. The Kier molecular flexibility index (Phi) is 7.56.